The molecule has 1 aromatic rings. The molecule has 1 heterocycles. The van der Waals surface area contributed by atoms with Gasteiger partial charge in [-0.15, -0.1) is 0 Å². The summed E-state index contributed by atoms with van der Waals surface area (Å²) in [4.78, 5) is 2.32. The fraction of sp³-hybridized carbons (Fsp3) is 0.600. The van der Waals surface area contributed by atoms with Crippen LogP contribution in [0.4, 0.5) is 5.69 Å². The molecule has 0 radical (unpaired) electrons. The first kappa shape index (κ1) is 13.4. The van der Waals surface area contributed by atoms with Crippen molar-refractivity contribution in [2.75, 3.05) is 31.7 Å². The van der Waals surface area contributed by atoms with E-state index < -0.39 is 0 Å². The maximum absolute atomic E-state index is 6.03. The molecular weight excluding hydrogens is 224 g/mol. The largest absolute Gasteiger partial charge is 0.379 e. The van der Waals surface area contributed by atoms with E-state index in [4.69, 9.17) is 10.5 Å². The van der Waals surface area contributed by atoms with Crippen LogP contribution in [-0.4, -0.2) is 32.3 Å². The number of nitrogens with zero attached hydrogens (tertiary/aromatic N) is 1. The molecule has 3 nitrogen and oxygen atoms in total. The van der Waals surface area contributed by atoms with Crippen LogP contribution in [0.1, 0.15) is 24.0 Å². The van der Waals surface area contributed by atoms with Gasteiger partial charge in [0.15, 0.2) is 0 Å². The molecule has 18 heavy (non-hydrogen) atoms. The van der Waals surface area contributed by atoms with Gasteiger partial charge in [0.25, 0.3) is 0 Å². The predicted octanol–water partition coefficient (Wildman–Crippen LogP) is 2.25. The molecule has 1 atom stereocenters. The first-order chi connectivity index (χ1) is 8.59. The number of aryl methyl sites for hydroxylation is 2. The highest BCUT2D eigenvalue weighted by Gasteiger charge is 2.36. The second-order valence-corrected chi connectivity index (χ2v) is 5.43. The minimum Gasteiger partial charge on any atom is -0.379 e. The number of hydrogen-bond acceptors (Lipinski definition) is 3. The van der Waals surface area contributed by atoms with Crippen LogP contribution < -0.4 is 10.6 Å². The Labute approximate surface area is 110 Å². The maximum atomic E-state index is 6.03. The summed E-state index contributed by atoms with van der Waals surface area (Å²) in [6.45, 7) is 6.51. The lowest BCUT2D eigenvalue weighted by Gasteiger charge is -2.45. The highest BCUT2D eigenvalue weighted by atomic mass is 16.5. The Morgan fingerprint density at radius 1 is 1.39 bits per heavy atom. The van der Waals surface area contributed by atoms with Crippen molar-refractivity contribution in [3.8, 4) is 0 Å². The van der Waals surface area contributed by atoms with Crippen molar-refractivity contribution in [2.45, 2.75) is 32.2 Å². The highest BCUT2D eigenvalue weighted by Crippen LogP contribution is 2.31. The number of benzene rings is 1. The van der Waals surface area contributed by atoms with Gasteiger partial charge in [-0.3, -0.25) is 0 Å². The van der Waals surface area contributed by atoms with Gasteiger partial charge in [-0.05, 0) is 38.3 Å². The zero-order valence-corrected chi connectivity index (χ0v) is 11.7. The molecule has 1 aliphatic rings. The minimum absolute atomic E-state index is 0.0434. The summed E-state index contributed by atoms with van der Waals surface area (Å²) < 4.78 is 5.66. The Balaban J connectivity index is 2.30. The van der Waals surface area contributed by atoms with Gasteiger partial charge in [-0.25, -0.2) is 0 Å². The maximum Gasteiger partial charge on any atom is 0.0754 e. The number of hydrogen-bond donors (Lipinski definition) is 1. The number of ether oxygens (including phenoxy) is 1. The number of anilines is 1. The normalized spacial score (nSPS) is 24.0. The number of likely N-dealkylation sites (N-methyl/N-ethyl adjacent to an activating group) is 1. The highest BCUT2D eigenvalue weighted by molar-refractivity contribution is 5.56. The summed E-state index contributed by atoms with van der Waals surface area (Å²) in [5, 5.41) is 0. The minimum atomic E-state index is -0.0434. The molecule has 0 aliphatic carbocycles. The SMILES string of the molecule is Cc1ccc(N(C)C2(CN)CCCOC2)c(C)c1. The quantitative estimate of drug-likeness (QED) is 0.891. The second-order valence-electron chi connectivity index (χ2n) is 5.43. The van der Waals surface area contributed by atoms with Gasteiger partial charge in [0.05, 0.1) is 12.1 Å². The summed E-state index contributed by atoms with van der Waals surface area (Å²) >= 11 is 0. The summed E-state index contributed by atoms with van der Waals surface area (Å²) in [5.74, 6) is 0. The molecule has 3 heteroatoms. The van der Waals surface area contributed by atoms with E-state index in [1.54, 1.807) is 0 Å². The van der Waals surface area contributed by atoms with E-state index in [0.29, 0.717) is 6.54 Å². The smallest absolute Gasteiger partial charge is 0.0754 e. The van der Waals surface area contributed by atoms with E-state index in [9.17, 15) is 0 Å². The lowest BCUT2D eigenvalue weighted by Crippen LogP contribution is -2.57. The van der Waals surface area contributed by atoms with Gasteiger partial charge >= 0.3 is 0 Å². The molecule has 0 spiro atoms. The molecule has 1 unspecified atom stereocenters. The fourth-order valence-electron chi connectivity index (χ4n) is 2.84. The van der Waals surface area contributed by atoms with E-state index in [0.717, 1.165) is 26.1 Å². The number of rotatable bonds is 3. The fourth-order valence-corrected chi connectivity index (χ4v) is 2.84. The molecule has 100 valence electrons. The molecule has 1 saturated heterocycles. The third-order valence-electron chi connectivity index (χ3n) is 4.11. The Morgan fingerprint density at radius 2 is 2.17 bits per heavy atom. The molecular formula is C15H24N2O. The monoisotopic (exact) mass is 248 g/mol. The van der Waals surface area contributed by atoms with Gasteiger partial charge in [0.1, 0.15) is 0 Å². The van der Waals surface area contributed by atoms with Crippen molar-refractivity contribution in [1.29, 1.82) is 0 Å². The van der Waals surface area contributed by atoms with Crippen LogP contribution in [0.25, 0.3) is 0 Å². The Hall–Kier alpha value is -1.06. The molecule has 0 bridgehead atoms. The Bertz CT molecular complexity index is 411. The van der Waals surface area contributed by atoms with Crippen LogP contribution in [0.5, 0.6) is 0 Å². The summed E-state index contributed by atoms with van der Waals surface area (Å²) in [6.07, 6.45) is 2.19. The third-order valence-corrected chi connectivity index (χ3v) is 4.11. The van der Waals surface area contributed by atoms with Crippen molar-refractivity contribution >= 4 is 5.69 Å². The van der Waals surface area contributed by atoms with Crippen LogP contribution in [0.2, 0.25) is 0 Å². The summed E-state index contributed by atoms with van der Waals surface area (Å²) in [5.41, 5.74) is 9.85. The Kier molecular flexibility index (Phi) is 3.93. The molecule has 2 N–H and O–H groups in total. The number of nitrogens with two attached hydrogens (primary N) is 1. The predicted molar refractivity (Wildman–Crippen MR) is 76.2 cm³/mol. The van der Waals surface area contributed by atoms with Crippen LogP contribution >= 0.6 is 0 Å². The van der Waals surface area contributed by atoms with Crippen molar-refractivity contribution in [1.82, 2.24) is 0 Å². The van der Waals surface area contributed by atoms with Gasteiger partial charge in [0.2, 0.25) is 0 Å². The lowest BCUT2D eigenvalue weighted by atomic mass is 9.89. The van der Waals surface area contributed by atoms with Crippen LogP contribution in [0.15, 0.2) is 18.2 Å². The molecule has 1 aliphatic heterocycles. The standard InChI is InChI=1S/C15H24N2O/c1-12-5-6-14(13(2)9-12)17(3)15(10-16)7-4-8-18-11-15/h5-6,9H,4,7-8,10-11,16H2,1-3H3. The molecule has 1 aromatic carbocycles. The molecule has 0 saturated carbocycles. The van der Waals surface area contributed by atoms with Gasteiger partial charge in [0, 0.05) is 25.9 Å². The van der Waals surface area contributed by atoms with Gasteiger partial charge < -0.3 is 15.4 Å². The summed E-state index contributed by atoms with van der Waals surface area (Å²) in [7, 11) is 2.14. The van der Waals surface area contributed by atoms with Crippen LogP contribution in [0.3, 0.4) is 0 Å². The topological polar surface area (TPSA) is 38.5 Å². The molecule has 0 amide bonds. The van der Waals surface area contributed by atoms with E-state index in [1.807, 2.05) is 0 Å². The van der Waals surface area contributed by atoms with E-state index in [1.165, 1.54) is 16.8 Å². The Morgan fingerprint density at radius 3 is 2.72 bits per heavy atom. The van der Waals surface area contributed by atoms with Crippen molar-refractivity contribution in [2.24, 2.45) is 5.73 Å². The van der Waals surface area contributed by atoms with Gasteiger partial charge in [-0.2, -0.15) is 0 Å². The van der Waals surface area contributed by atoms with Crippen molar-refractivity contribution in [3.05, 3.63) is 29.3 Å². The van der Waals surface area contributed by atoms with Crippen LogP contribution in [0, 0.1) is 13.8 Å². The average Bonchev–Trinajstić information content (AvgIpc) is 2.39. The van der Waals surface area contributed by atoms with Crippen LogP contribution in [-0.2, 0) is 4.74 Å². The van der Waals surface area contributed by atoms with Gasteiger partial charge in [-0.1, -0.05) is 17.7 Å². The summed E-state index contributed by atoms with van der Waals surface area (Å²) in [6, 6.07) is 6.57. The third kappa shape index (κ3) is 2.38. The van der Waals surface area contributed by atoms with E-state index >= 15 is 0 Å². The molecule has 0 aromatic heterocycles. The van der Waals surface area contributed by atoms with E-state index in [-0.39, 0.29) is 5.54 Å². The van der Waals surface area contributed by atoms with Crippen molar-refractivity contribution < 1.29 is 4.74 Å². The first-order valence-electron chi connectivity index (χ1n) is 6.68. The molecule has 1 fully saturated rings. The lowest BCUT2D eigenvalue weighted by molar-refractivity contribution is 0.0395. The average molecular weight is 248 g/mol. The van der Waals surface area contributed by atoms with Crippen molar-refractivity contribution in [3.63, 3.8) is 0 Å². The second kappa shape index (κ2) is 5.29. The zero-order valence-electron chi connectivity index (χ0n) is 11.7. The molecule has 2 rings (SSSR count). The van der Waals surface area contributed by atoms with E-state index in [2.05, 4.69) is 44.0 Å². The first-order valence-corrected chi connectivity index (χ1v) is 6.68. The zero-order chi connectivity index (χ0) is 13.2.